The zero-order chi connectivity index (χ0) is 14.6. The molecule has 0 aromatic heterocycles. The molecule has 0 saturated carbocycles. The van der Waals surface area contributed by atoms with Crippen molar-refractivity contribution in [2.45, 2.75) is 26.4 Å². The van der Waals surface area contributed by atoms with E-state index in [-0.39, 0.29) is 5.56 Å². The number of nitrogens with zero attached hydrogens (tertiary/aromatic N) is 1. The van der Waals surface area contributed by atoms with Gasteiger partial charge in [0.25, 0.3) is 5.91 Å². The quantitative estimate of drug-likeness (QED) is 0.795. The molecule has 0 radical (unpaired) electrons. The molecule has 19 heavy (non-hydrogen) atoms. The maximum atomic E-state index is 13.4. The van der Waals surface area contributed by atoms with Crippen LogP contribution in [0.15, 0.2) is 24.3 Å². The molecule has 2 amide bonds. The zero-order valence-corrected chi connectivity index (χ0v) is 11.4. The number of hydrogen-bond donors (Lipinski definition) is 1. The summed E-state index contributed by atoms with van der Waals surface area (Å²) in [6.45, 7) is 5.12. The number of amides is 2. The number of rotatable bonds is 1. The summed E-state index contributed by atoms with van der Waals surface area (Å²) >= 11 is 0. The topological polar surface area (TPSA) is 58.6 Å². The van der Waals surface area contributed by atoms with Crippen LogP contribution in [0.3, 0.4) is 0 Å². The van der Waals surface area contributed by atoms with Gasteiger partial charge in [0.1, 0.15) is 11.4 Å². The first-order valence-electron chi connectivity index (χ1n) is 5.73. The highest BCUT2D eigenvalue weighted by Crippen LogP contribution is 2.09. The molecule has 0 unspecified atom stereocenters. The van der Waals surface area contributed by atoms with Crippen molar-refractivity contribution in [1.29, 1.82) is 0 Å². The Morgan fingerprint density at radius 2 is 1.84 bits per heavy atom. The fourth-order valence-electron chi connectivity index (χ4n) is 1.23. The molecule has 0 heterocycles. The smallest absolute Gasteiger partial charge is 0.428 e. The molecular formula is C13H17FN2O3. The van der Waals surface area contributed by atoms with Crippen LogP contribution in [0.1, 0.15) is 31.1 Å². The van der Waals surface area contributed by atoms with E-state index >= 15 is 0 Å². The molecule has 104 valence electrons. The van der Waals surface area contributed by atoms with Gasteiger partial charge in [-0.1, -0.05) is 12.1 Å². The third-order valence-corrected chi connectivity index (χ3v) is 2.06. The highest BCUT2D eigenvalue weighted by atomic mass is 19.1. The van der Waals surface area contributed by atoms with Crippen LogP contribution >= 0.6 is 0 Å². The lowest BCUT2D eigenvalue weighted by Crippen LogP contribution is -2.45. The summed E-state index contributed by atoms with van der Waals surface area (Å²) in [4.78, 5) is 23.4. The molecule has 0 spiro atoms. The molecule has 1 rings (SSSR count). The SMILES string of the molecule is CN(NC(=O)c1ccccc1F)C(=O)OC(C)(C)C. The molecule has 0 bridgehead atoms. The maximum absolute atomic E-state index is 13.4. The Balaban J connectivity index is 2.67. The van der Waals surface area contributed by atoms with Crippen LogP contribution in [-0.2, 0) is 4.74 Å². The highest BCUT2D eigenvalue weighted by molar-refractivity contribution is 5.95. The van der Waals surface area contributed by atoms with E-state index in [2.05, 4.69) is 5.43 Å². The van der Waals surface area contributed by atoms with Gasteiger partial charge < -0.3 is 4.74 Å². The summed E-state index contributed by atoms with van der Waals surface area (Å²) in [7, 11) is 1.33. The molecule has 0 aliphatic carbocycles. The number of halogens is 1. The summed E-state index contributed by atoms with van der Waals surface area (Å²) in [6, 6.07) is 5.51. The van der Waals surface area contributed by atoms with Gasteiger partial charge in [-0.05, 0) is 32.9 Å². The van der Waals surface area contributed by atoms with Crippen molar-refractivity contribution in [2.24, 2.45) is 0 Å². The molecule has 0 aliphatic heterocycles. The Labute approximate surface area is 111 Å². The van der Waals surface area contributed by atoms with Crippen LogP contribution < -0.4 is 5.43 Å². The van der Waals surface area contributed by atoms with E-state index in [9.17, 15) is 14.0 Å². The molecule has 1 N–H and O–H groups in total. The Hall–Kier alpha value is -2.11. The third kappa shape index (κ3) is 4.57. The van der Waals surface area contributed by atoms with Gasteiger partial charge >= 0.3 is 6.09 Å². The van der Waals surface area contributed by atoms with Gasteiger partial charge in [0.2, 0.25) is 0 Å². The van der Waals surface area contributed by atoms with Gasteiger partial charge in [0.05, 0.1) is 5.56 Å². The van der Waals surface area contributed by atoms with E-state index in [0.717, 1.165) is 5.01 Å². The minimum absolute atomic E-state index is 0.141. The predicted molar refractivity (Wildman–Crippen MR) is 67.9 cm³/mol. The minimum Gasteiger partial charge on any atom is -0.442 e. The van der Waals surface area contributed by atoms with Gasteiger partial charge in [0, 0.05) is 7.05 Å². The molecule has 0 atom stereocenters. The third-order valence-electron chi connectivity index (χ3n) is 2.06. The molecule has 1 aromatic rings. The van der Waals surface area contributed by atoms with E-state index in [1.165, 1.54) is 31.3 Å². The van der Waals surface area contributed by atoms with Crippen molar-refractivity contribution in [1.82, 2.24) is 10.4 Å². The molecular weight excluding hydrogens is 251 g/mol. The molecule has 0 aliphatic rings. The molecule has 6 heteroatoms. The lowest BCUT2D eigenvalue weighted by atomic mass is 10.2. The lowest BCUT2D eigenvalue weighted by Gasteiger charge is -2.24. The van der Waals surface area contributed by atoms with E-state index < -0.39 is 23.4 Å². The van der Waals surface area contributed by atoms with Gasteiger partial charge in [-0.3, -0.25) is 10.2 Å². The molecule has 0 fully saturated rings. The van der Waals surface area contributed by atoms with E-state index in [0.29, 0.717) is 0 Å². The number of nitrogens with one attached hydrogen (secondary N) is 1. The first kappa shape index (κ1) is 14.9. The summed E-state index contributed by atoms with van der Waals surface area (Å²) in [5, 5.41) is 0.875. The largest absolute Gasteiger partial charge is 0.442 e. The standard InChI is InChI=1S/C13H17FN2O3/c1-13(2,3)19-12(18)16(4)15-11(17)9-7-5-6-8-10(9)14/h5-8H,1-4H3,(H,15,17). The van der Waals surface area contributed by atoms with Crippen LogP contribution in [0.4, 0.5) is 9.18 Å². The first-order valence-corrected chi connectivity index (χ1v) is 5.73. The normalized spacial score (nSPS) is 10.8. The Bertz CT molecular complexity index is 483. The zero-order valence-electron chi connectivity index (χ0n) is 11.4. The second kappa shape index (κ2) is 5.69. The monoisotopic (exact) mass is 268 g/mol. The second-order valence-corrected chi connectivity index (χ2v) is 4.96. The second-order valence-electron chi connectivity index (χ2n) is 4.96. The Morgan fingerprint density at radius 1 is 1.26 bits per heavy atom. The minimum atomic E-state index is -0.725. The number of ether oxygens (including phenoxy) is 1. The predicted octanol–water partition coefficient (Wildman–Crippen LogP) is 2.34. The van der Waals surface area contributed by atoms with Crippen LogP contribution in [0.25, 0.3) is 0 Å². The van der Waals surface area contributed by atoms with Crippen LogP contribution in [0, 0.1) is 5.82 Å². The molecule has 5 nitrogen and oxygen atoms in total. The van der Waals surface area contributed by atoms with Crippen molar-refractivity contribution in [2.75, 3.05) is 7.05 Å². The molecule has 1 aromatic carbocycles. The van der Waals surface area contributed by atoms with E-state index in [1.807, 2.05) is 0 Å². The fraction of sp³-hybridized carbons (Fsp3) is 0.385. The van der Waals surface area contributed by atoms with Crippen LogP contribution in [0.2, 0.25) is 0 Å². The average Bonchev–Trinajstić information content (AvgIpc) is 2.27. The van der Waals surface area contributed by atoms with E-state index in [4.69, 9.17) is 4.74 Å². The van der Waals surface area contributed by atoms with Gasteiger partial charge in [-0.2, -0.15) is 0 Å². The van der Waals surface area contributed by atoms with Crippen molar-refractivity contribution in [3.05, 3.63) is 35.6 Å². The number of hydrogen-bond acceptors (Lipinski definition) is 3. The highest BCUT2D eigenvalue weighted by Gasteiger charge is 2.21. The fourth-order valence-corrected chi connectivity index (χ4v) is 1.23. The van der Waals surface area contributed by atoms with Crippen molar-refractivity contribution in [3.63, 3.8) is 0 Å². The summed E-state index contributed by atoms with van der Waals surface area (Å²) in [5.41, 5.74) is 1.43. The van der Waals surface area contributed by atoms with Crippen LogP contribution in [0.5, 0.6) is 0 Å². The van der Waals surface area contributed by atoms with Crippen LogP contribution in [-0.4, -0.2) is 29.7 Å². The van der Waals surface area contributed by atoms with Gasteiger partial charge in [-0.15, -0.1) is 0 Å². The summed E-state index contributed by atoms with van der Waals surface area (Å²) in [5.74, 6) is -1.37. The lowest BCUT2D eigenvalue weighted by molar-refractivity contribution is 0.0194. The van der Waals surface area contributed by atoms with E-state index in [1.54, 1.807) is 20.8 Å². The van der Waals surface area contributed by atoms with Gasteiger partial charge in [0.15, 0.2) is 0 Å². The van der Waals surface area contributed by atoms with Gasteiger partial charge in [-0.25, -0.2) is 14.2 Å². The summed E-state index contributed by atoms with van der Waals surface area (Å²) in [6.07, 6.45) is -0.725. The number of carbonyl (C=O) groups excluding carboxylic acids is 2. The molecule has 0 saturated heterocycles. The van der Waals surface area contributed by atoms with Crippen molar-refractivity contribution < 1.29 is 18.7 Å². The summed E-state index contributed by atoms with van der Waals surface area (Å²) < 4.78 is 18.4. The Morgan fingerprint density at radius 3 is 2.37 bits per heavy atom. The van der Waals surface area contributed by atoms with Crippen molar-refractivity contribution >= 4 is 12.0 Å². The maximum Gasteiger partial charge on any atom is 0.428 e. The Kier molecular flexibility index (Phi) is 4.47. The number of benzene rings is 1. The number of hydrazine groups is 1. The average molecular weight is 268 g/mol. The first-order chi connectivity index (χ1) is 8.70. The van der Waals surface area contributed by atoms with Crippen molar-refractivity contribution in [3.8, 4) is 0 Å². The number of carbonyl (C=O) groups is 2.